The van der Waals surface area contributed by atoms with Crippen molar-refractivity contribution in [1.29, 1.82) is 0 Å². The average Bonchev–Trinajstić information content (AvgIpc) is 2.46. The molecule has 0 fully saturated rings. The Morgan fingerprint density at radius 1 is 1.14 bits per heavy atom. The van der Waals surface area contributed by atoms with Crippen LogP contribution >= 0.6 is 0 Å². The molecule has 0 aliphatic heterocycles. The average molecular weight is 308 g/mol. The molecular formula is C19H33FN2. The highest BCUT2D eigenvalue weighted by atomic mass is 19.1. The second-order valence-electron chi connectivity index (χ2n) is 6.81. The van der Waals surface area contributed by atoms with Crippen molar-refractivity contribution in [3.63, 3.8) is 0 Å². The minimum absolute atomic E-state index is 0.0346. The van der Waals surface area contributed by atoms with Gasteiger partial charge in [0.05, 0.1) is 0 Å². The second-order valence-corrected chi connectivity index (χ2v) is 6.81. The molecule has 126 valence electrons. The summed E-state index contributed by atoms with van der Waals surface area (Å²) in [5, 5.41) is 3.38. The molecule has 0 aliphatic carbocycles. The molecule has 0 amide bonds. The summed E-state index contributed by atoms with van der Waals surface area (Å²) >= 11 is 0. The number of hydrogen-bond donors (Lipinski definition) is 1. The normalized spacial score (nSPS) is 13.1. The Bertz CT molecular complexity index is 457. The number of aryl methyl sites for hydroxylation is 2. The third kappa shape index (κ3) is 5.69. The van der Waals surface area contributed by atoms with E-state index in [0.29, 0.717) is 18.5 Å². The van der Waals surface area contributed by atoms with Crippen LogP contribution in [-0.4, -0.2) is 30.6 Å². The van der Waals surface area contributed by atoms with Crippen LogP contribution in [0.1, 0.15) is 50.8 Å². The van der Waals surface area contributed by atoms with Crippen LogP contribution in [0.15, 0.2) is 12.1 Å². The highest BCUT2D eigenvalue weighted by molar-refractivity contribution is 5.32. The minimum Gasteiger partial charge on any atom is -0.317 e. The highest BCUT2D eigenvalue weighted by Gasteiger charge is 2.19. The zero-order valence-electron chi connectivity index (χ0n) is 15.2. The number of rotatable bonds is 9. The van der Waals surface area contributed by atoms with Crippen LogP contribution in [0.3, 0.4) is 0 Å². The van der Waals surface area contributed by atoms with Crippen LogP contribution in [-0.2, 0) is 6.54 Å². The lowest BCUT2D eigenvalue weighted by Crippen LogP contribution is -2.38. The van der Waals surface area contributed by atoms with Crippen molar-refractivity contribution in [3.8, 4) is 0 Å². The van der Waals surface area contributed by atoms with E-state index >= 15 is 0 Å². The van der Waals surface area contributed by atoms with E-state index in [1.165, 1.54) is 0 Å². The van der Waals surface area contributed by atoms with Crippen molar-refractivity contribution >= 4 is 0 Å². The van der Waals surface area contributed by atoms with Gasteiger partial charge in [0.1, 0.15) is 5.82 Å². The molecule has 0 heterocycles. The lowest BCUT2D eigenvalue weighted by molar-refractivity contribution is 0.167. The van der Waals surface area contributed by atoms with Crippen LogP contribution in [0.4, 0.5) is 4.39 Å². The van der Waals surface area contributed by atoms with Gasteiger partial charge in [0.25, 0.3) is 0 Å². The van der Waals surface area contributed by atoms with E-state index in [9.17, 15) is 4.39 Å². The quantitative estimate of drug-likeness (QED) is 0.685. The fourth-order valence-electron chi connectivity index (χ4n) is 2.77. The summed E-state index contributed by atoms with van der Waals surface area (Å²) in [5.74, 6) is 0.544. The fraction of sp³-hybridized carbons (Fsp3) is 0.684. The van der Waals surface area contributed by atoms with E-state index in [0.717, 1.165) is 42.7 Å². The number of nitrogens with zero attached hydrogens (tertiary/aromatic N) is 1. The molecule has 0 saturated heterocycles. The van der Waals surface area contributed by atoms with Crippen LogP contribution < -0.4 is 5.32 Å². The number of benzene rings is 1. The van der Waals surface area contributed by atoms with Gasteiger partial charge in [0, 0.05) is 24.7 Å². The Labute approximate surface area is 136 Å². The van der Waals surface area contributed by atoms with E-state index in [4.69, 9.17) is 0 Å². The molecule has 0 aliphatic rings. The molecule has 22 heavy (non-hydrogen) atoms. The van der Waals surface area contributed by atoms with E-state index in [1.54, 1.807) is 0 Å². The van der Waals surface area contributed by atoms with Gasteiger partial charge < -0.3 is 5.32 Å². The molecule has 1 aromatic carbocycles. The van der Waals surface area contributed by atoms with Crippen molar-refractivity contribution in [1.82, 2.24) is 10.2 Å². The Morgan fingerprint density at radius 3 is 2.36 bits per heavy atom. The summed E-state index contributed by atoms with van der Waals surface area (Å²) in [7, 11) is 0. The van der Waals surface area contributed by atoms with E-state index < -0.39 is 0 Å². The molecule has 0 spiro atoms. The molecule has 1 atom stereocenters. The third-order valence-electron chi connectivity index (χ3n) is 4.24. The predicted molar refractivity (Wildman–Crippen MR) is 93.7 cm³/mol. The van der Waals surface area contributed by atoms with Crippen LogP contribution in [0.25, 0.3) is 0 Å². The molecule has 0 saturated carbocycles. The highest BCUT2D eigenvalue weighted by Crippen LogP contribution is 2.21. The van der Waals surface area contributed by atoms with Crippen LogP contribution in [0.2, 0.25) is 0 Å². The summed E-state index contributed by atoms with van der Waals surface area (Å²) in [6, 6.07) is 4.35. The van der Waals surface area contributed by atoms with E-state index in [2.05, 4.69) is 37.9 Å². The Morgan fingerprint density at radius 2 is 1.77 bits per heavy atom. The molecule has 1 unspecified atom stereocenters. The molecule has 3 heteroatoms. The molecule has 1 aromatic rings. The van der Waals surface area contributed by atoms with Gasteiger partial charge >= 0.3 is 0 Å². The molecular weight excluding hydrogens is 275 g/mol. The number of halogens is 1. The Balaban J connectivity index is 2.87. The first-order chi connectivity index (χ1) is 10.4. The molecule has 2 nitrogen and oxygen atoms in total. The first-order valence-corrected chi connectivity index (χ1v) is 8.56. The topological polar surface area (TPSA) is 15.3 Å². The summed E-state index contributed by atoms with van der Waals surface area (Å²) in [4.78, 5) is 2.42. The standard InChI is InChI=1S/C19H33FN2/c1-7-21-11-10-17(6)22(12-14(2)3)13-18-15(4)8-9-16(5)19(18)20/h8-9,14,17,21H,7,10-13H2,1-6H3. The predicted octanol–water partition coefficient (Wildman–Crippen LogP) is 4.29. The van der Waals surface area contributed by atoms with Crippen LogP contribution in [0.5, 0.6) is 0 Å². The monoisotopic (exact) mass is 308 g/mol. The minimum atomic E-state index is -0.0346. The molecule has 0 radical (unpaired) electrons. The number of hydrogen-bond acceptors (Lipinski definition) is 2. The maximum atomic E-state index is 14.5. The van der Waals surface area contributed by atoms with Crippen molar-refractivity contribution < 1.29 is 4.39 Å². The SMILES string of the molecule is CCNCCC(C)N(Cc1c(C)ccc(C)c1F)CC(C)C. The van der Waals surface area contributed by atoms with Crippen LogP contribution in [0, 0.1) is 25.6 Å². The van der Waals surface area contributed by atoms with Gasteiger partial charge in [-0.2, -0.15) is 0 Å². The van der Waals surface area contributed by atoms with Crippen molar-refractivity contribution in [2.45, 2.75) is 60.5 Å². The van der Waals surface area contributed by atoms with Crippen molar-refractivity contribution in [2.24, 2.45) is 5.92 Å². The van der Waals surface area contributed by atoms with Gasteiger partial charge in [-0.15, -0.1) is 0 Å². The summed E-state index contributed by atoms with van der Waals surface area (Å²) < 4.78 is 14.5. The van der Waals surface area contributed by atoms with Gasteiger partial charge in [-0.05, 0) is 57.3 Å². The fourth-order valence-corrected chi connectivity index (χ4v) is 2.77. The van der Waals surface area contributed by atoms with E-state index in [-0.39, 0.29) is 5.82 Å². The molecule has 1 N–H and O–H groups in total. The zero-order valence-corrected chi connectivity index (χ0v) is 15.2. The Kier molecular flexibility index (Phi) is 8.05. The number of nitrogens with one attached hydrogen (secondary N) is 1. The third-order valence-corrected chi connectivity index (χ3v) is 4.24. The van der Waals surface area contributed by atoms with Gasteiger partial charge in [-0.3, -0.25) is 4.90 Å². The zero-order chi connectivity index (χ0) is 16.7. The first kappa shape index (κ1) is 19.1. The largest absolute Gasteiger partial charge is 0.317 e. The van der Waals surface area contributed by atoms with E-state index in [1.807, 2.05) is 26.0 Å². The summed E-state index contributed by atoms with van der Waals surface area (Å²) in [6.07, 6.45) is 1.09. The lowest BCUT2D eigenvalue weighted by atomic mass is 10.0. The Hall–Kier alpha value is -0.930. The van der Waals surface area contributed by atoms with Gasteiger partial charge in [0.15, 0.2) is 0 Å². The summed E-state index contributed by atoms with van der Waals surface area (Å²) in [5.41, 5.74) is 2.65. The van der Waals surface area contributed by atoms with Gasteiger partial charge in [-0.25, -0.2) is 4.39 Å². The van der Waals surface area contributed by atoms with Crippen molar-refractivity contribution in [2.75, 3.05) is 19.6 Å². The summed E-state index contributed by atoms with van der Waals surface area (Å²) in [6.45, 7) is 16.4. The van der Waals surface area contributed by atoms with Gasteiger partial charge in [0.2, 0.25) is 0 Å². The second kappa shape index (κ2) is 9.26. The lowest BCUT2D eigenvalue weighted by Gasteiger charge is -2.31. The maximum absolute atomic E-state index is 14.5. The van der Waals surface area contributed by atoms with Gasteiger partial charge in [-0.1, -0.05) is 32.9 Å². The first-order valence-electron chi connectivity index (χ1n) is 8.56. The molecule has 0 aromatic heterocycles. The van der Waals surface area contributed by atoms with Crippen molar-refractivity contribution in [3.05, 3.63) is 34.6 Å². The molecule has 1 rings (SSSR count). The maximum Gasteiger partial charge on any atom is 0.130 e. The molecule has 0 bridgehead atoms. The smallest absolute Gasteiger partial charge is 0.130 e.